The van der Waals surface area contributed by atoms with Gasteiger partial charge in [0.2, 0.25) is 0 Å². The molecule has 0 amide bonds. The van der Waals surface area contributed by atoms with E-state index in [4.69, 9.17) is 14.2 Å². The zero-order valence-electron chi connectivity index (χ0n) is 12.5. The molecule has 0 fully saturated rings. The molecule has 22 heavy (non-hydrogen) atoms. The summed E-state index contributed by atoms with van der Waals surface area (Å²) in [5, 5.41) is 0.507. The van der Waals surface area contributed by atoms with Crippen LogP contribution < -0.4 is 35.4 Å². The van der Waals surface area contributed by atoms with E-state index in [2.05, 4.69) is 15.9 Å². The number of halogens is 3. The van der Waals surface area contributed by atoms with Gasteiger partial charge in [0.15, 0.2) is 15.1 Å². The summed E-state index contributed by atoms with van der Waals surface area (Å²) < 4.78 is 32.0. The van der Waals surface area contributed by atoms with Crippen LogP contribution in [0.25, 0.3) is 0 Å². The standard InChI is InChI=1S/C16H16BrFIO3/c1-20-12-7-14(21-2)16(15(8-12)22-3)19-11-5-4-10(9-17)13(18)6-11/h4-8H,9H2,1-3H3/q+1. The van der Waals surface area contributed by atoms with Gasteiger partial charge in [0.25, 0.3) is 3.57 Å². The molecule has 0 aliphatic heterocycles. The van der Waals surface area contributed by atoms with Gasteiger partial charge in [0, 0.05) is 23.5 Å². The molecule has 3 nitrogen and oxygen atoms in total. The van der Waals surface area contributed by atoms with Crippen molar-refractivity contribution in [3.63, 3.8) is 0 Å². The van der Waals surface area contributed by atoms with Crippen molar-refractivity contribution in [3.8, 4) is 17.2 Å². The Bertz CT molecular complexity index is 639. The lowest BCUT2D eigenvalue weighted by molar-refractivity contribution is -0.599. The highest BCUT2D eigenvalue weighted by atomic mass is 127. The van der Waals surface area contributed by atoms with Crippen molar-refractivity contribution in [2.24, 2.45) is 0 Å². The van der Waals surface area contributed by atoms with Gasteiger partial charge in [-0.05, 0) is 11.6 Å². The molecule has 6 heteroatoms. The quantitative estimate of drug-likeness (QED) is 0.453. The molecule has 0 aliphatic rings. The number of ether oxygens (including phenoxy) is 3. The Hall–Kier alpha value is -1.02. The minimum atomic E-state index is -0.641. The number of alkyl halides is 1. The first-order valence-electron chi connectivity index (χ1n) is 6.42. The first-order valence-corrected chi connectivity index (χ1v) is 9.70. The van der Waals surface area contributed by atoms with Crippen LogP contribution in [0.4, 0.5) is 4.39 Å². The van der Waals surface area contributed by atoms with Crippen molar-refractivity contribution >= 4 is 15.9 Å². The summed E-state index contributed by atoms with van der Waals surface area (Å²) >= 11 is 2.64. The van der Waals surface area contributed by atoms with Gasteiger partial charge in [-0.2, -0.15) is 0 Å². The highest BCUT2D eigenvalue weighted by Gasteiger charge is 2.28. The molecular weight excluding hydrogens is 466 g/mol. The predicted molar refractivity (Wildman–Crippen MR) is 82.5 cm³/mol. The van der Waals surface area contributed by atoms with E-state index in [0.29, 0.717) is 28.1 Å². The highest BCUT2D eigenvalue weighted by molar-refractivity contribution is 9.08. The molecule has 0 bridgehead atoms. The van der Waals surface area contributed by atoms with Gasteiger partial charge in [-0.1, -0.05) is 22.0 Å². The highest BCUT2D eigenvalue weighted by Crippen LogP contribution is 2.27. The Morgan fingerprint density at radius 2 is 1.64 bits per heavy atom. The second-order valence-electron chi connectivity index (χ2n) is 4.31. The predicted octanol–water partition coefficient (Wildman–Crippen LogP) is 0.875. The number of methoxy groups -OCH3 is 3. The van der Waals surface area contributed by atoms with Crippen LogP contribution in [0.3, 0.4) is 0 Å². The number of hydrogen-bond donors (Lipinski definition) is 0. The number of rotatable bonds is 6. The minimum Gasteiger partial charge on any atom is -0.496 e. The molecule has 2 rings (SSSR count). The minimum absolute atomic E-state index is 0.194. The van der Waals surface area contributed by atoms with Crippen LogP contribution in [0.1, 0.15) is 5.56 Å². The summed E-state index contributed by atoms with van der Waals surface area (Å²) in [5.74, 6) is 1.88. The summed E-state index contributed by atoms with van der Waals surface area (Å²) in [5.41, 5.74) is 0.654. The molecule has 0 radical (unpaired) electrons. The van der Waals surface area contributed by atoms with Crippen molar-refractivity contribution in [1.82, 2.24) is 0 Å². The van der Waals surface area contributed by atoms with Crippen LogP contribution in [0, 0.1) is 13.0 Å². The van der Waals surface area contributed by atoms with Crippen LogP contribution in [-0.2, 0) is 5.33 Å². The Labute approximate surface area is 148 Å². The van der Waals surface area contributed by atoms with E-state index in [0.717, 1.165) is 7.14 Å². The van der Waals surface area contributed by atoms with E-state index in [9.17, 15) is 4.39 Å². The molecule has 0 saturated heterocycles. The summed E-state index contributed by atoms with van der Waals surface area (Å²) in [4.78, 5) is 0. The zero-order chi connectivity index (χ0) is 16.1. The van der Waals surface area contributed by atoms with Gasteiger partial charge in [0.05, 0.1) is 21.3 Å². The molecule has 0 aliphatic carbocycles. The van der Waals surface area contributed by atoms with E-state index >= 15 is 0 Å². The summed E-state index contributed by atoms with van der Waals surface area (Å²) in [7, 11) is 4.81. The molecule has 0 saturated carbocycles. The lowest BCUT2D eigenvalue weighted by atomic mass is 10.2. The van der Waals surface area contributed by atoms with E-state index in [1.807, 2.05) is 24.3 Å². The SMILES string of the molecule is COc1cc(OC)c([I+]c2ccc(CBr)c(F)c2)c(OC)c1. The van der Waals surface area contributed by atoms with Gasteiger partial charge in [-0.15, -0.1) is 0 Å². The maximum absolute atomic E-state index is 13.9. The fourth-order valence-corrected chi connectivity index (χ4v) is 5.00. The average molecular weight is 482 g/mol. The summed E-state index contributed by atoms with van der Waals surface area (Å²) in [6, 6.07) is 8.99. The van der Waals surface area contributed by atoms with E-state index in [1.165, 1.54) is 0 Å². The van der Waals surface area contributed by atoms with E-state index in [-0.39, 0.29) is 5.82 Å². The first kappa shape index (κ1) is 17.3. The smallest absolute Gasteiger partial charge is 0.366 e. The first-order chi connectivity index (χ1) is 10.6. The molecule has 2 aromatic carbocycles. The zero-order valence-corrected chi connectivity index (χ0v) is 16.2. The second kappa shape index (κ2) is 8.01. The normalized spacial score (nSPS) is 10.4. The van der Waals surface area contributed by atoms with Crippen molar-refractivity contribution in [3.05, 3.63) is 48.9 Å². The molecule has 118 valence electrons. The molecule has 0 spiro atoms. The molecule has 0 heterocycles. The lowest BCUT2D eigenvalue weighted by Gasteiger charge is -2.08. The van der Waals surface area contributed by atoms with Gasteiger partial charge in [-0.3, -0.25) is 0 Å². The molecule has 0 N–H and O–H groups in total. The third-order valence-corrected chi connectivity index (χ3v) is 6.52. The Balaban J connectivity index is 2.41. The Kier molecular flexibility index (Phi) is 6.31. The van der Waals surface area contributed by atoms with Crippen LogP contribution in [-0.4, -0.2) is 21.3 Å². The molecular formula is C16H16BrFIO3+. The maximum atomic E-state index is 13.9. The summed E-state index contributed by atoms with van der Waals surface area (Å²) in [6.07, 6.45) is 0. The van der Waals surface area contributed by atoms with Crippen molar-refractivity contribution in [2.45, 2.75) is 5.33 Å². The summed E-state index contributed by atoms with van der Waals surface area (Å²) in [6.45, 7) is 0. The number of hydrogen-bond acceptors (Lipinski definition) is 3. The van der Waals surface area contributed by atoms with Crippen molar-refractivity contribution < 1.29 is 39.8 Å². The molecule has 0 aromatic heterocycles. The van der Waals surface area contributed by atoms with E-state index < -0.39 is 21.2 Å². The third kappa shape index (κ3) is 3.84. The van der Waals surface area contributed by atoms with Gasteiger partial charge >= 0.3 is 21.2 Å². The maximum Gasteiger partial charge on any atom is 0.366 e. The molecule has 2 aromatic rings. The van der Waals surface area contributed by atoms with Gasteiger partial charge in [-0.25, -0.2) is 4.39 Å². The van der Waals surface area contributed by atoms with Crippen LogP contribution >= 0.6 is 15.9 Å². The average Bonchev–Trinajstić information content (AvgIpc) is 2.55. The fraction of sp³-hybridized carbons (Fsp3) is 0.250. The topological polar surface area (TPSA) is 27.7 Å². The molecule has 0 unspecified atom stereocenters. The fourth-order valence-electron chi connectivity index (χ4n) is 1.85. The Morgan fingerprint density at radius 3 is 2.09 bits per heavy atom. The van der Waals surface area contributed by atoms with Gasteiger partial charge < -0.3 is 14.2 Å². The monoisotopic (exact) mass is 481 g/mol. The third-order valence-electron chi connectivity index (χ3n) is 3.02. The van der Waals surface area contributed by atoms with Crippen LogP contribution in [0.15, 0.2) is 30.3 Å². The lowest BCUT2D eigenvalue weighted by Crippen LogP contribution is -3.61. The van der Waals surface area contributed by atoms with Crippen molar-refractivity contribution in [2.75, 3.05) is 21.3 Å². The molecule has 0 atom stereocenters. The van der Waals surface area contributed by atoms with Crippen LogP contribution in [0.2, 0.25) is 0 Å². The van der Waals surface area contributed by atoms with Gasteiger partial charge in [0.1, 0.15) is 11.6 Å². The van der Waals surface area contributed by atoms with Crippen molar-refractivity contribution in [1.29, 1.82) is 0 Å². The van der Waals surface area contributed by atoms with Crippen LogP contribution in [0.5, 0.6) is 17.2 Å². The van der Waals surface area contributed by atoms with E-state index in [1.54, 1.807) is 27.4 Å². The largest absolute Gasteiger partial charge is 0.496 e. The number of benzene rings is 2. The Morgan fingerprint density at radius 1 is 1.00 bits per heavy atom. The second-order valence-corrected chi connectivity index (χ2v) is 7.73.